The van der Waals surface area contributed by atoms with Crippen molar-refractivity contribution < 1.29 is 4.79 Å². The Balaban J connectivity index is 2.18. The highest BCUT2D eigenvalue weighted by molar-refractivity contribution is 5.90. The largest absolute Gasteiger partial charge is 0.326 e. The van der Waals surface area contributed by atoms with Crippen LogP contribution in [0.15, 0.2) is 24.3 Å². The second kappa shape index (κ2) is 12.3. The third kappa shape index (κ3) is 8.86. The van der Waals surface area contributed by atoms with Gasteiger partial charge in [0, 0.05) is 12.1 Å². The predicted molar refractivity (Wildman–Crippen MR) is 96.3 cm³/mol. The Morgan fingerprint density at radius 1 is 0.818 bits per heavy atom. The molecule has 0 radical (unpaired) electrons. The van der Waals surface area contributed by atoms with E-state index in [1.165, 1.54) is 56.9 Å². The summed E-state index contributed by atoms with van der Waals surface area (Å²) < 4.78 is 0. The van der Waals surface area contributed by atoms with Crippen molar-refractivity contribution in [1.82, 2.24) is 0 Å². The molecule has 0 unspecified atom stereocenters. The standard InChI is InChI=1S/C20H33NO/c1-3-5-7-8-9-11-13-20(22)21-19-16-14-18(15-17-19)12-10-6-4-2/h14-17H,3-13H2,1-2H3,(H,21,22). The highest BCUT2D eigenvalue weighted by atomic mass is 16.1. The maximum Gasteiger partial charge on any atom is 0.224 e. The van der Waals surface area contributed by atoms with E-state index >= 15 is 0 Å². The van der Waals surface area contributed by atoms with Gasteiger partial charge in [-0.05, 0) is 37.0 Å². The zero-order valence-corrected chi connectivity index (χ0v) is 14.5. The molecule has 0 saturated heterocycles. The molecule has 124 valence electrons. The summed E-state index contributed by atoms with van der Waals surface area (Å²) >= 11 is 0. The van der Waals surface area contributed by atoms with Crippen molar-refractivity contribution >= 4 is 11.6 Å². The highest BCUT2D eigenvalue weighted by Gasteiger charge is 2.02. The number of hydrogen-bond acceptors (Lipinski definition) is 1. The van der Waals surface area contributed by atoms with E-state index in [0.29, 0.717) is 6.42 Å². The number of aryl methyl sites for hydroxylation is 1. The third-order valence-electron chi connectivity index (χ3n) is 4.06. The maximum atomic E-state index is 11.9. The molecule has 1 amide bonds. The number of nitrogens with one attached hydrogen (secondary N) is 1. The van der Waals surface area contributed by atoms with Crippen LogP contribution in [0.5, 0.6) is 0 Å². The minimum absolute atomic E-state index is 0.147. The first-order valence-corrected chi connectivity index (χ1v) is 9.15. The summed E-state index contributed by atoms with van der Waals surface area (Å²) in [6.45, 7) is 4.45. The van der Waals surface area contributed by atoms with Gasteiger partial charge in [-0.25, -0.2) is 0 Å². The average molecular weight is 303 g/mol. The van der Waals surface area contributed by atoms with Crippen LogP contribution in [-0.4, -0.2) is 5.91 Å². The van der Waals surface area contributed by atoms with Crippen LogP contribution < -0.4 is 5.32 Å². The molecule has 0 aliphatic heterocycles. The molecule has 0 heterocycles. The lowest BCUT2D eigenvalue weighted by atomic mass is 10.1. The molecule has 1 N–H and O–H groups in total. The summed E-state index contributed by atoms with van der Waals surface area (Å²) in [5, 5.41) is 3.00. The Morgan fingerprint density at radius 2 is 1.41 bits per heavy atom. The van der Waals surface area contributed by atoms with E-state index in [0.717, 1.165) is 18.5 Å². The Labute approximate surface area is 136 Å². The number of unbranched alkanes of at least 4 members (excludes halogenated alkanes) is 7. The van der Waals surface area contributed by atoms with E-state index in [-0.39, 0.29) is 5.91 Å². The number of anilines is 1. The highest BCUT2D eigenvalue weighted by Crippen LogP contribution is 2.13. The number of amides is 1. The van der Waals surface area contributed by atoms with E-state index < -0.39 is 0 Å². The lowest BCUT2D eigenvalue weighted by Gasteiger charge is -2.07. The molecule has 1 aromatic rings. The Kier molecular flexibility index (Phi) is 10.4. The van der Waals surface area contributed by atoms with Crippen molar-refractivity contribution in [2.45, 2.75) is 84.5 Å². The molecule has 0 saturated carbocycles. The molecular formula is C20H33NO. The van der Waals surface area contributed by atoms with Crippen molar-refractivity contribution in [2.24, 2.45) is 0 Å². The summed E-state index contributed by atoms with van der Waals surface area (Å²) in [4.78, 5) is 11.9. The molecular weight excluding hydrogens is 270 g/mol. The monoisotopic (exact) mass is 303 g/mol. The molecule has 0 aliphatic carbocycles. The molecule has 0 aliphatic rings. The summed E-state index contributed by atoms with van der Waals surface area (Å²) in [6, 6.07) is 8.33. The van der Waals surface area contributed by atoms with Crippen LogP contribution in [0.2, 0.25) is 0 Å². The fraction of sp³-hybridized carbons (Fsp3) is 0.650. The molecule has 0 aromatic heterocycles. The van der Waals surface area contributed by atoms with Crippen LogP contribution in [0, 0.1) is 0 Å². The first kappa shape index (κ1) is 18.7. The number of benzene rings is 1. The molecule has 0 bridgehead atoms. The Bertz CT molecular complexity index is 397. The smallest absolute Gasteiger partial charge is 0.224 e. The molecule has 0 atom stereocenters. The number of carbonyl (C=O) groups is 1. The van der Waals surface area contributed by atoms with Crippen LogP contribution in [0.25, 0.3) is 0 Å². The predicted octanol–water partition coefficient (Wildman–Crippen LogP) is 6.11. The lowest BCUT2D eigenvalue weighted by Crippen LogP contribution is -2.11. The number of carbonyl (C=O) groups excluding carboxylic acids is 1. The van der Waals surface area contributed by atoms with Gasteiger partial charge in [0.15, 0.2) is 0 Å². The van der Waals surface area contributed by atoms with Gasteiger partial charge in [-0.15, -0.1) is 0 Å². The summed E-state index contributed by atoms with van der Waals surface area (Å²) in [5.74, 6) is 0.147. The zero-order chi connectivity index (χ0) is 16.0. The third-order valence-corrected chi connectivity index (χ3v) is 4.06. The fourth-order valence-electron chi connectivity index (χ4n) is 2.62. The van der Waals surface area contributed by atoms with Gasteiger partial charge in [-0.2, -0.15) is 0 Å². The van der Waals surface area contributed by atoms with Gasteiger partial charge in [0.25, 0.3) is 0 Å². The Morgan fingerprint density at radius 3 is 2.09 bits per heavy atom. The number of rotatable bonds is 12. The molecule has 0 spiro atoms. The minimum atomic E-state index is 0.147. The van der Waals surface area contributed by atoms with E-state index in [2.05, 4.69) is 31.3 Å². The minimum Gasteiger partial charge on any atom is -0.326 e. The molecule has 1 aromatic carbocycles. The Hall–Kier alpha value is -1.31. The van der Waals surface area contributed by atoms with Crippen LogP contribution in [0.1, 0.15) is 83.6 Å². The van der Waals surface area contributed by atoms with Gasteiger partial charge in [0.05, 0.1) is 0 Å². The van der Waals surface area contributed by atoms with E-state index in [4.69, 9.17) is 0 Å². The van der Waals surface area contributed by atoms with Gasteiger partial charge in [0.2, 0.25) is 5.91 Å². The topological polar surface area (TPSA) is 29.1 Å². The molecule has 2 heteroatoms. The first-order valence-electron chi connectivity index (χ1n) is 9.15. The van der Waals surface area contributed by atoms with Crippen molar-refractivity contribution in [3.63, 3.8) is 0 Å². The lowest BCUT2D eigenvalue weighted by molar-refractivity contribution is -0.116. The number of hydrogen-bond donors (Lipinski definition) is 1. The summed E-state index contributed by atoms with van der Waals surface area (Å²) in [5.41, 5.74) is 2.29. The van der Waals surface area contributed by atoms with Crippen molar-refractivity contribution in [3.05, 3.63) is 29.8 Å². The quantitative estimate of drug-likeness (QED) is 0.464. The first-order chi connectivity index (χ1) is 10.8. The summed E-state index contributed by atoms with van der Waals surface area (Å²) in [7, 11) is 0. The average Bonchev–Trinajstić information content (AvgIpc) is 2.53. The van der Waals surface area contributed by atoms with Crippen LogP contribution in [-0.2, 0) is 11.2 Å². The van der Waals surface area contributed by atoms with Crippen molar-refractivity contribution in [3.8, 4) is 0 Å². The van der Waals surface area contributed by atoms with Crippen LogP contribution in [0.3, 0.4) is 0 Å². The molecule has 2 nitrogen and oxygen atoms in total. The van der Waals surface area contributed by atoms with Gasteiger partial charge >= 0.3 is 0 Å². The zero-order valence-electron chi connectivity index (χ0n) is 14.5. The van der Waals surface area contributed by atoms with Gasteiger partial charge in [-0.1, -0.05) is 70.9 Å². The molecule has 1 rings (SSSR count). The van der Waals surface area contributed by atoms with Crippen LogP contribution in [0.4, 0.5) is 5.69 Å². The normalized spacial score (nSPS) is 10.6. The van der Waals surface area contributed by atoms with Gasteiger partial charge < -0.3 is 5.32 Å². The summed E-state index contributed by atoms with van der Waals surface area (Å²) in [6.07, 6.45) is 12.9. The molecule has 22 heavy (non-hydrogen) atoms. The molecule has 0 fully saturated rings. The van der Waals surface area contributed by atoms with Gasteiger partial charge in [0.1, 0.15) is 0 Å². The van der Waals surface area contributed by atoms with Crippen molar-refractivity contribution in [1.29, 1.82) is 0 Å². The van der Waals surface area contributed by atoms with E-state index in [1.807, 2.05) is 12.1 Å². The second-order valence-electron chi connectivity index (χ2n) is 6.22. The van der Waals surface area contributed by atoms with Crippen LogP contribution >= 0.6 is 0 Å². The maximum absolute atomic E-state index is 11.9. The SMILES string of the molecule is CCCCCCCCC(=O)Nc1ccc(CCCCC)cc1. The second-order valence-corrected chi connectivity index (χ2v) is 6.22. The van der Waals surface area contributed by atoms with Crippen molar-refractivity contribution in [2.75, 3.05) is 5.32 Å². The fourth-order valence-corrected chi connectivity index (χ4v) is 2.62. The van der Waals surface area contributed by atoms with Gasteiger partial charge in [-0.3, -0.25) is 4.79 Å². The van der Waals surface area contributed by atoms with E-state index in [9.17, 15) is 4.79 Å². The van der Waals surface area contributed by atoms with E-state index in [1.54, 1.807) is 0 Å².